The van der Waals surface area contributed by atoms with E-state index < -0.39 is 6.23 Å². The molecule has 3 heterocycles. The summed E-state index contributed by atoms with van der Waals surface area (Å²) in [6.45, 7) is 4.02. The molecule has 5 rings (SSSR count). The van der Waals surface area contributed by atoms with E-state index in [0.717, 1.165) is 16.9 Å². The zero-order valence-corrected chi connectivity index (χ0v) is 17.9. The van der Waals surface area contributed by atoms with Crippen molar-refractivity contribution < 1.29 is 19.0 Å². The van der Waals surface area contributed by atoms with E-state index >= 15 is 0 Å². The Balaban J connectivity index is 1.71. The SMILES string of the molecule is CCSc1nnc2c(n1)OC(c1ccc3c(c1)OCO3)N(C(=O)CC)c1ccccc1-2. The molecule has 0 saturated carbocycles. The lowest BCUT2D eigenvalue weighted by atomic mass is 10.1. The second-order valence-corrected chi connectivity index (χ2v) is 8.13. The van der Waals surface area contributed by atoms with Crippen LogP contribution >= 0.6 is 11.8 Å². The van der Waals surface area contributed by atoms with Gasteiger partial charge in [-0.25, -0.2) is 0 Å². The van der Waals surface area contributed by atoms with E-state index in [1.807, 2.05) is 56.3 Å². The predicted molar refractivity (Wildman–Crippen MR) is 115 cm³/mol. The zero-order chi connectivity index (χ0) is 21.4. The highest BCUT2D eigenvalue weighted by Gasteiger charge is 2.36. The Morgan fingerprint density at radius 3 is 2.81 bits per heavy atom. The Bertz CT molecular complexity index is 1160. The minimum atomic E-state index is -0.750. The van der Waals surface area contributed by atoms with Crippen molar-refractivity contribution in [3.8, 4) is 28.6 Å². The zero-order valence-electron chi connectivity index (χ0n) is 17.1. The van der Waals surface area contributed by atoms with Gasteiger partial charge < -0.3 is 14.2 Å². The summed E-state index contributed by atoms with van der Waals surface area (Å²) < 4.78 is 17.4. The number of thioether (sulfide) groups is 1. The maximum atomic E-state index is 13.1. The monoisotopic (exact) mass is 436 g/mol. The van der Waals surface area contributed by atoms with Crippen LogP contribution in [0.4, 0.5) is 5.69 Å². The fourth-order valence-electron chi connectivity index (χ4n) is 3.63. The van der Waals surface area contributed by atoms with Crippen LogP contribution in [0, 0.1) is 0 Å². The summed E-state index contributed by atoms with van der Waals surface area (Å²) in [7, 11) is 0. The van der Waals surface area contributed by atoms with Crippen molar-refractivity contribution in [1.29, 1.82) is 0 Å². The molecule has 3 aromatic rings. The number of carbonyl (C=O) groups is 1. The Labute approximate surface area is 183 Å². The maximum absolute atomic E-state index is 13.1. The average molecular weight is 436 g/mol. The molecule has 1 amide bonds. The van der Waals surface area contributed by atoms with Gasteiger partial charge in [-0.3, -0.25) is 9.69 Å². The molecule has 9 heteroatoms. The van der Waals surface area contributed by atoms with Gasteiger partial charge in [0.25, 0.3) is 0 Å². The molecule has 0 fully saturated rings. The first kappa shape index (κ1) is 19.6. The molecule has 0 radical (unpaired) electrons. The van der Waals surface area contributed by atoms with Crippen molar-refractivity contribution in [3.63, 3.8) is 0 Å². The van der Waals surface area contributed by atoms with Crippen LogP contribution in [0.15, 0.2) is 47.6 Å². The van der Waals surface area contributed by atoms with Crippen LogP contribution in [0.1, 0.15) is 32.1 Å². The summed E-state index contributed by atoms with van der Waals surface area (Å²) in [5.74, 6) is 2.35. The van der Waals surface area contributed by atoms with Gasteiger partial charge in [0.2, 0.25) is 30.0 Å². The van der Waals surface area contributed by atoms with Crippen LogP contribution in [-0.4, -0.2) is 33.6 Å². The molecule has 0 saturated heterocycles. The van der Waals surface area contributed by atoms with Gasteiger partial charge in [-0.1, -0.05) is 43.8 Å². The standard InChI is InChI=1S/C22H20N4O4S/c1-3-18(27)26-15-8-6-5-7-14(15)19-20(23-22(25-24-19)31-4-2)30-21(26)13-9-10-16-17(11-13)29-12-28-16/h5-11,21H,3-4,12H2,1-2H3. The molecule has 0 spiro atoms. The number of carbonyl (C=O) groups excluding carboxylic acids is 1. The van der Waals surface area contributed by atoms with Crippen LogP contribution in [0.3, 0.4) is 0 Å². The number of rotatable bonds is 4. The number of amides is 1. The third-order valence-electron chi connectivity index (χ3n) is 5.04. The first-order chi connectivity index (χ1) is 15.2. The molecule has 8 nitrogen and oxygen atoms in total. The van der Waals surface area contributed by atoms with Gasteiger partial charge in [0.1, 0.15) is 0 Å². The highest BCUT2D eigenvalue weighted by atomic mass is 32.2. The second kappa shape index (κ2) is 8.07. The molecule has 2 aliphatic rings. The fraction of sp³-hybridized carbons (Fsp3) is 0.273. The van der Waals surface area contributed by atoms with Crippen LogP contribution < -0.4 is 19.1 Å². The van der Waals surface area contributed by atoms with Crippen molar-refractivity contribution in [2.75, 3.05) is 17.4 Å². The second-order valence-electron chi connectivity index (χ2n) is 6.90. The lowest BCUT2D eigenvalue weighted by Gasteiger charge is -2.30. The summed E-state index contributed by atoms with van der Waals surface area (Å²) in [5, 5.41) is 9.17. The van der Waals surface area contributed by atoms with Crippen molar-refractivity contribution in [2.24, 2.45) is 0 Å². The van der Waals surface area contributed by atoms with Crippen LogP contribution in [-0.2, 0) is 4.79 Å². The van der Waals surface area contributed by atoms with Gasteiger partial charge in [-0.15, -0.1) is 10.2 Å². The van der Waals surface area contributed by atoms with Gasteiger partial charge >= 0.3 is 0 Å². The summed E-state index contributed by atoms with van der Waals surface area (Å²) in [6.07, 6.45) is -0.439. The lowest BCUT2D eigenvalue weighted by molar-refractivity contribution is -0.120. The molecule has 31 heavy (non-hydrogen) atoms. The number of nitrogens with zero attached hydrogens (tertiary/aromatic N) is 4. The molecule has 2 aromatic carbocycles. The maximum Gasteiger partial charge on any atom is 0.247 e. The van der Waals surface area contributed by atoms with Crippen molar-refractivity contribution in [3.05, 3.63) is 48.0 Å². The van der Waals surface area contributed by atoms with Gasteiger partial charge in [0.05, 0.1) is 5.69 Å². The van der Waals surface area contributed by atoms with Gasteiger partial charge in [-0.2, -0.15) is 4.98 Å². The van der Waals surface area contributed by atoms with Gasteiger partial charge in [-0.05, 0) is 30.0 Å². The van der Waals surface area contributed by atoms with Crippen molar-refractivity contribution >= 4 is 23.4 Å². The van der Waals surface area contributed by atoms with E-state index in [2.05, 4.69) is 15.2 Å². The molecule has 0 N–H and O–H groups in total. The Hall–Kier alpha value is -3.33. The first-order valence-electron chi connectivity index (χ1n) is 10.0. The van der Waals surface area contributed by atoms with Crippen LogP contribution in [0.2, 0.25) is 0 Å². The third-order valence-corrected chi connectivity index (χ3v) is 5.76. The first-order valence-corrected chi connectivity index (χ1v) is 11.0. The summed E-state index contributed by atoms with van der Waals surface area (Å²) in [5.41, 5.74) is 2.70. The number of hydrogen-bond donors (Lipinski definition) is 0. The average Bonchev–Trinajstić information content (AvgIpc) is 3.21. The summed E-state index contributed by atoms with van der Waals surface area (Å²) in [6, 6.07) is 13.1. The number of ether oxygens (including phenoxy) is 3. The molecular formula is C22H20N4O4S. The topological polar surface area (TPSA) is 86.7 Å². The van der Waals surface area contributed by atoms with Gasteiger partial charge in [0, 0.05) is 17.5 Å². The van der Waals surface area contributed by atoms with Crippen LogP contribution in [0.25, 0.3) is 11.3 Å². The highest BCUT2D eigenvalue weighted by Crippen LogP contribution is 2.45. The van der Waals surface area contributed by atoms with E-state index in [1.165, 1.54) is 11.8 Å². The summed E-state index contributed by atoms with van der Waals surface area (Å²) in [4.78, 5) is 19.4. The van der Waals surface area contributed by atoms with Crippen molar-refractivity contribution in [1.82, 2.24) is 15.2 Å². The minimum Gasteiger partial charge on any atom is -0.454 e. The normalized spacial score (nSPS) is 16.2. The van der Waals surface area contributed by atoms with E-state index in [9.17, 15) is 4.79 Å². The number of para-hydroxylation sites is 1. The Kier molecular flexibility index (Phi) is 5.11. The quantitative estimate of drug-likeness (QED) is 0.562. The third kappa shape index (κ3) is 3.44. The molecule has 158 valence electrons. The fourth-order valence-corrected chi connectivity index (χ4v) is 4.13. The number of hydrogen-bond acceptors (Lipinski definition) is 8. The van der Waals surface area contributed by atoms with E-state index in [1.54, 1.807) is 4.90 Å². The molecule has 1 aromatic heterocycles. The number of fused-ring (bicyclic) bond motifs is 4. The molecule has 1 atom stereocenters. The minimum absolute atomic E-state index is 0.0842. The highest BCUT2D eigenvalue weighted by molar-refractivity contribution is 7.99. The molecular weight excluding hydrogens is 416 g/mol. The largest absolute Gasteiger partial charge is 0.454 e. The predicted octanol–water partition coefficient (Wildman–Crippen LogP) is 4.21. The van der Waals surface area contributed by atoms with E-state index in [-0.39, 0.29) is 12.7 Å². The number of benzene rings is 2. The summed E-state index contributed by atoms with van der Waals surface area (Å²) >= 11 is 1.48. The number of anilines is 1. The Morgan fingerprint density at radius 1 is 1.13 bits per heavy atom. The van der Waals surface area contributed by atoms with E-state index in [4.69, 9.17) is 14.2 Å². The lowest BCUT2D eigenvalue weighted by Crippen LogP contribution is -2.37. The molecule has 2 aliphatic heterocycles. The van der Waals surface area contributed by atoms with Crippen LogP contribution in [0.5, 0.6) is 17.4 Å². The smallest absolute Gasteiger partial charge is 0.247 e. The van der Waals surface area contributed by atoms with Gasteiger partial charge in [0.15, 0.2) is 17.2 Å². The Morgan fingerprint density at radius 2 is 1.97 bits per heavy atom. The van der Waals surface area contributed by atoms with Crippen molar-refractivity contribution in [2.45, 2.75) is 31.7 Å². The molecule has 0 aliphatic carbocycles. The number of aromatic nitrogens is 3. The molecule has 0 bridgehead atoms. The van der Waals surface area contributed by atoms with E-state index in [0.29, 0.717) is 40.3 Å². The molecule has 1 unspecified atom stereocenters.